The molecule has 0 saturated carbocycles. The third-order valence-corrected chi connectivity index (χ3v) is 4.96. The fourth-order valence-electron chi connectivity index (χ4n) is 3.74. The summed E-state index contributed by atoms with van der Waals surface area (Å²) in [6.45, 7) is 2.68. The number of halogens is 2. The maximum atomic E-state index is 12.4. The quantitative estimate of drug-likeness (QED) is 0.777. The third-order valence-electron chi connectivity index (χ3n) is 4.72. The van der Waals surface area contributed by atoms with Gasteiger partial charge < -0.3 is 15.4 Å². The van der Waals surface area contributed by atoms with Crippen LogP contribution in [-0.4, -0.2) is 24.6 Å². The highest BCUT2D eigenvalue weighted by molar-refractivity contribution is 6.31. The maximum Gasteiger partial charge on any atom is 0.224 e. The van der Waals surface area contributed by atoms with E-state index >= 15 is 0 Å². The lowest BCUT2D eigenvalue weighted by molar-refractivity contribution is -0.117. The molecule has 1 aromatic carbocycles. The lowest BCUT2D eigenvalue weighted by Gasteiger charge is -2.28. The summed E-state index contributed by atoms with van der Waals surface area (Å²) in [6, 6.07) is 6.59. The molecule has 0 spiro atoms. The smallest absolute Gasteiger partial charge is 0.224 e. The molecular weight excluding hydrogens is 347 g/mol. The first-order valence-corrected chi connectivity index (χ1v) is 9.00. The first kappa shape index (κ1) is 19.4. The van der Waals surface area contributed by atoms with Crippen molar-refractivity contribution in [2.24, 2.45) is 5.92 Å². The van der Waals surface area contributed by atoms with Gasteiger partial charge in [0.2, 0.25) is 5.91 Å². The Bertz CT molecular complexity index is 556. The molecule has 24 heavy (non-hydrogen) atoms. The molecule has 3 rings (SSSR count). The standard InChI is InChI=1S/C18H25ClN2O2.ClH/c1-2-7-23-17-6-3-13(19)11-16(17)21-18(22)10-12-8-14-4-5-15(9-12)20-14;/h3,6,11-12,14-15,20H,2,4-5,7-10H2,1H3,(H,21,22);1H. The van der Waals surface area contributed by atoms with Crippen LogP contribution in [0, 0.1) is 5.92 Å². The van der Waals surface area contributed by atoms with Crippen molar-refractivity contribution >= 4 is 35.6 Å². The monoisotopic (exact) mass is 372 g/mol. The van der Waals surface area contributed by atoms with Gasteiger partial charge in [-0.3, -0.25) is 4.79 Å². The molecule has 2 aliphatic heterocycles. The Morgan fingerprint density at radius 3 is 2.71 bits per heavy atom. The minimum absolute atomic E-state index is 0. The van der Waals surface area contributed by atoms with Gasteiger partial charge in [-0.15, -0.1) is 12.4 Å². The molecule has 2 fully saturated rings. The SMILES string of the molecule is CCCOc1ccc(Cl)cc1NC(=O)CC1CC2CCC(C1)N2.Cl. The summed E-state index contributed by atoms with van der Waals surface area (Å²) < 4.78 is 5.69. The summed E-state index contributed by atoms with van der Waals surface area (Å²) in [7, 11) is 0. The molecule has 6 heteroatoms. The summed E-state index contributed by atoms with van der Waals surface area (Å²) in [4.78, 5) is 12.4. The first-order chi connectivity index (χ1) is 11.1. The molecule has 2 N–H and O–H groups in total. The Morgan fingerprint density at radius 2 is 2.04 bits per heavy atom. The Morgan fingerprint density at radius 1 is 1.33 bits per heavy atom. The van der Waals surface area contributed by atoms with Crippen LogP contribution in [0.3, 0.4) is 0 Å². The average molecular weight is 373 g/mol. The third kappa shape index (κ3) is 5.01. The van der Waals surface area contributed by atoms with Crippen molar-refractivity contribution in [3.05, 3.63) is 23.2 Å². The zero-order chi connectivity index (χ0) is 16.2. The summed E-state index contributed by atoms with van der Waals surface area (Å²) in [5, 5.41) is 7.20. The van der Waals surface area contributed by atoms with Gasteiger partial charge in [0.1, 0.15) is 5.75 Å². The number of piperidine rings is 1. The van der Waals surface area contributed by atoms with E-state index in [1.54, 1.807) is 12.1 Å². The Hall–Kier alpha value is -0.970. The molecule has 1 amide bonds. The number of hydrogen-bond acceptors (Lipinski definition) is 3. The first-order valence-electron chi connectivity index (χ1n) is 8.62. The van der Waals surface area contributed by atoms with E-state index in [0.717, 1.165) is 19.3 Å². The van der Waals surface area contributed by atoms with E-state index < -0.39 is 0 Å². The van der Waals surface area contributed by atoms with Crippen LogP contribution in [0.1, 0.15) is 45.4 Å². The van der Waals surface area contributed by atoms with E-state index in [1.807, 2.05) is 6.07 Å². The molecule has 2 saturated heterocycles. The fourth-order valence-corrected chi connectivity index (χ4v) is 3.92. The number of anilines is 1. The van der Waals surface area contributed by atoms with Crippen LogP contribution < -0.4 is 15.4 Å². The van der Waals surface area contributed by atoms with Gasteiger partial charge in [-0.05, 0) is 56.2 Å². The van der Waals surface area contributed by atoms with E-state index in [9.17, 15) is 4.79 Å². The van der Waals surface area contributed by atoms with Crippen LogP contribution in [-0.2, 0) is 4.79 Å². The van der Waals surface area contributed by atoms with Gasteiger partial charge in [0.05, 0.1) is 12.3 Å². The topological polar surface area (TPSA) is 50.4 Å². The molecule has 0 aromatic heterocycles. The Balaban J connectivity index is 0.00000208. The summed E-state index contributed by atoms with van der Waals surface area (Å²) in [5.74, 6) is 1.22. The van der Waals surface area contributed by atoms with Gasteiger partial charge in [-0.1, -0.05) is 18.5 Å². The number of rotatable bonds is 6. The van der Waals surface area contributed by atoms with Crippen molar-refractivity contribution in [1.82, 2.24) is 5.32 Å². The normalized spacial score (nSPS) is 25.0. The van der Waals surface area contributed by atoms with E-state index in [4.69, 9.17) is 16.3 Å². The molecule has 4 nitrogen and oxygen atoms in total. The highest BCUT2D eigenvalue weighted by Crippen LogP contribution is 2.33. The lowest BCUT2D eigenvalue weighted by Crippen LogP contribution is -2.39. The van der Waals surface area contributed by atoms with Crippen LogP contribution in [0.5, 0.6) is 5.75 Å². The molecule has 0 aliphatic carbocycles. The Labute approximate surface area is 155 Å². The molecule has 0 radical (unpaired) electrons. The van der Waals surface area contributed by atoms with Crippen molar-refractivity contribution in [3.63, 3.8) is 0 Å². The number of nitrogens with one attached hydrogen (secondary N) is 2. The van der Waals surface area contributed by atoms with Crippen molar-refractivity contribution in [2.75, 3.05) is 11.9 Å². The van der Waals surface area contributed by atoms with Gasteiger partial charge >= 0.3 is 0 Å². The van der Waals surface area contributed by atoms with Crippen LogP contribution in [0.25, 0.3) is 0 Å². The molecule has 1 aromatic rings. The van der Waals surface area contributed by atoms with Crippen molar-refractivity contribution in [3.8, 4) is 5.75 Å². The summed E-state index contributed by atoms with van der Waals surface area (Å²) >= 11 is 6.06. The van der Waals surface area contributed by atoms with E-state index in [-0.39, 0.29) is 18.3 Å². The van der Waals surface area contributed by atoms with E-state index in [2.05, 4.69) is 17.6 Å². The number of ether oxygens (including phenoxy) is 1. The second-order valence-corrected chi connectivity index (χ2v) is 7.15. The number of amides is 1. The predicted octanol–water partition coefficient (Wildman–Crippen LogP) is 4.41. The minimum Gasteiger partial charge on any atom is -0.491 e. The number of carbonyl (C=O) groups is 1. The van der Waals surface area contributed by atoms with Crippen molar-refractivity contribution in [2.45, 2.75) is 57.5 Å². The van der Waals surface area contributed by atoms with Gasteiger partial charge in [0.25, 0.3) is 0 Å². The molecule has 2 aliphatic rings. The summed E-state index contributed by atoms with van der Waals surface area (Å²) in [5.41, 5.74) is 0.674. The molecule has 2 heterocycles. The number of benzene rings is 1. The molecule has 2 unspecified atom stereocenters. The van der Waals surface area contributed by atoms with E-state index in [1.165, 1.54) is 12.8 Å². The Kier molecular flexibility index (Phi) is 7.20. The maximum absolute atomic E-state index is 12.4. The van der Waals surface area contributed by atoms with Crippen LogP contribution in [0.15, 0.2) is 18.2 Å². The largest absolute Gasteiger partial charge is 0.491 e. The molecular formula is C18H26Cl2N2O2. The van der Waals surface area contributed by atoms with Crippen molar-refractivity contribution < 1.29 is 9.53 Å². The minimum atomic E-state index is 0. The second-order valence-electron chi connectivity index (χ2n) is 6.72. The van der Waals surface area contributed by atoms with Crippen LogP contribution >= 0.6 is 24.0 Å². The molecule has 134 valence electrons. The number of fused-ring (bicyclic) bond motifs is 2. The van der Waals surface area contributed by atoms with Gasteiger partial charge in [0, 0.05) is 23.5 Å². The van der Waals surface area contributed by atoms with Gasteiger partial charge in [-0.25, -0.2) is 0 Å². The number of carbonyl (C=O) groups excluding carboxylic acids is 1. The highest BCUT2D eigenvalue weighted by Gasteiger charge is 2.34. The average Bonchev–Trinajstić information content (AvgIpc) is 2.85. The second kappa shape index (κ2) is 8.93. The summed E-state index contributed by atoms with van der Waals surface area (Å²) in [6.07, 6.45) is 6.23. The highest BCUT2D eigenvalue weighted by atomic mass is 35.5. The van der Waals surface area contributed by atoms with Crippen LogP contribution in [0.4, 0.5) is 5.69 Å². The van der Waals surface area contributed by atoms with Gasteiger partial charge in [-0.2, -0.15) is 0 Å². The fraction of sp³-hybridized carbons (Fsp3) is 0.611. The van der Waals surface area contributed by atoms with E-state index in [0.29, 0.717) is 47.5 Å². The number of hydrogen-bond donors (Lipinski definition) is 2. The van der Waals surface area contributed by atoms with Gasteiger partial charge in [0.15, 0.2) is 0 Å². The molecule has 2 atom stereocenters. The molecule has 2 bridgehead atoms. The lowest BCUT2D eigenvalue weighted by atomic mass is 9.89. The predicted molar refractivity (Wildman–Crippen MR) is 100 cm³/mol. The zero-order valence-corrected chi connectivity index (χ0v) is 15.6. The van der Waals surface area contributed by atoms with Crippen LogP contribution in [0.2, 0.25) is 5.02 Å². The zero-order valence-electron chi connectivity index (χ0n) is 14.0. The van der Waals surface area contributed by atoms with Crippen molar-refractivity contribution in [1.29, 1.82) is 0 Å².